The van der Waals surface area contributed by atoms with Gasteiger partial charge in [0.15, 0.2) is 0 Å². The van der Waals surface area contributed by atoms with E-state index in [0.29, 0.717) is 36.6 Å². The Morgan fingerprint density at radius 2 is 1.19 bits per heavy atom. The number of nitrogens with zero attached hydrogens (tertiary/aromatic N) is 10. The highest BCUT2D eigenvalue weighted by Gasteiger charge is 2.29. The Kier molecular flexibility index (Phi) is 16.3. The minimum absolute atomic E-state index is 0. The van der Waals surface area contributed by atoms with E-state index < -0.39 is 0 Å². The molecule has 0 unspecified atom stereocenters. The van der Waals surface area contributed by atoms with Crippen molar-refractivity contribution in [2.24, 2.45) is 11.8 Å². The van der Waals surface area contributed by atoms with Crippen LogP contribution in [0.15, 0.2) is 0 Å². The smallest absolute Gasteiger partial charge is 0.318 e. The van der Waals surface area contributed by atoms with Gasteiger partial charge < -0.3 is 29.4 Å². The van der Waals surface area contributed by atoms with Crippen molar-refractivity contribution in [2.45, 2.75) is 117 Å². The second kappa shape index (κ2) is 20.4. The fourth-order valence-corrected chi connectivity index (χ4v) is 8.66. The van der Waals surface area contributed by atoms with E-state index in [4.69, 9.17) is 36.7 Å². The Hall–Kier alpha value is -3.29. The van der Waals surface area contributed by atoms with Crippen LogP contribution >= 0.6 is 11.6 Å². The molecule has 292 valence electrons. The lowest BCUT2D eigenvalue weighted by Crippen LogP contribution is -2.36. The zero-order chi connectivity index (χ0) is 35.7. The molecule has 0 aromatic carbocycles. The van der Waals surface area contributed by atoms with E-state index in [1.165, 1.54) is 36.8 Å². The number of aromatic nitrogens is 4. The van der Waals surface area contributed by atoms with Crippen molar-refractivity contribution in [1.82, 2.24) is 29.7 Å². The van der Waals surface area contributed by atoms with Gasteiger partial charge in [-0.05, 0) is 129 Å². The van der Waals surface area contributed by atoms with Crippen molar-refractivity contribution in [3.63, 3.8) is 0 Å². The molecule has 8 rings (SSSR count). The number of nitriles is 2. The predicted octanol–water partition coefficient (Wildman–Crippen LogP) is 5.88. The summed E-state index contributed by atoms with van der Waals surface area (Å²) in [6.07, 6.45) is 15.3. The van der Waals surface area contributed by atoms with E-state index in [9.17, 15) is 5.26 Å². The number of aryl methyl sites for hydroxylation is 2. The molecule has 1 N–H and O–H groups in total. The first-order valence-corrected chi connectivity index (χ1v) is 19.6. The lowest BCUT2D eigenvalue weighted by Gasteiger charge is -2.32. The van der Waals surface area contributed by atoms with Crippen LogP contribution in [0.4, 0.5) is 11.6 Å². The van der Waals surface area contributed by atoms with Gasteiger partial charge in [0.05, 0.1) is 42.0 Å². The summed E-state index contributed by atoms with van der Waals surface area (Å²) in [5, 5.41) is 27.4. The Morgan fingerprint density at radius 1 is 0.679 bits per heavy atom. The number of hydrogen-bond acceptors (Lipinski definition) is 12. The van der Waals surface area contributed by atoms with E-state index >= 15 is 0 Å². The maximum absolute atomic E-state index is 9.30. The molecule has 53 heavy (non-hydrogen) atoms. The van der Waals surface area contributed by atoms with Crippen molar-refractivity contribution in [2.75, 3.05) is 76.4 Å². The van der Waals surface area contributed by atoms with Crippen molar-refractivity contribution in [3.8, 4) is 18.1 Å². The molecule has 0 amide bonds. The zero-order valence-electron chi connectivity index (χ0n) is 30.6. The van der Waals surface area contributed by atoms with Crippen LogP contribution in [-0.2, 0) is 25.7 Å². The van der Waals surface area contributed by atoms with Gasteiger partial charge >= 0.3 is 6.01 Å². The number of piperidine rings is 2. The third-order valence-electron chi connectivity index (χ3n) is 11.5. The molecule has 2 aromatic rings. The zero-order valence-corrected chi connectivity index (χ0v) is 31.3. The lowest BCUT2D eigenvalue weighted by atomic mass is 9.99. The van der Waals surface area contributed by atoms with E-state index in [2.05, 4.69) is 55.8 Å². The molecule has 0 bridgehead atoms. The quantitative estimate of drug-likeness (QED) is 0.353. The molecule has 13 heteroatoms. The third-order valence-corrected chi connectivity index (χ3v) is 11.7. The summed E-state index contributed by atoms with van der Waals surface area (Å²) in [6, 6.07) is 6.25. The number of hydrogen-bond donors (Lipinski definition) is 1. The van der Waals surface area contributed by atoms with Crippen LogP contribution in [0.25, 0.3) is 0 Å². The Morgan fingerprint density at radius 3 is 1.68 bits per heavy atom. The monoisotopic (exact) mass is 750 g/mol. The fourth-order valence-electron chi connectivity index (χ4n) is 8.48. The van der Waals surface area contributed by atoms with Gasteiger partial charge in [0.25, 0.3) is 0 Å². The van der Waals surface area contributed by atoms with Gasteiger partial charge in [-0.25, -0.2) is 9.97 Å². The van der Waals surface area contributed by atoms with E-state index in [1.54, 1.807) is 0 Å². The number of likely N-dealkylation sites (tertiary alicyclic amines) is 2. The Labute approximate surface area is 323 Å². The molecule has 4 fully saturated rings. The molecular formula is C40H63ClN10O2. The van der Waals surface area contributed by atoms with Gasteiger partial charge in [-0.2, -0.15) is 20.5 Å². The van der Waals surface area contributed by atoms with Crippen LogP contribution in [0.5, 0.6) is 6.01 Å². The topological polar surface area (TPSA) is 142 Å². The number of halogens is 1. The van der Waals surface area contributed by atoms with Gasteiger partial charge in [0, 0.05) is 49.4 Å². The van der Waals surface area contributed by atoms with Gasteiger partial charge in [0.1, 0.15) is 18.2 Å². The molecule has 0 spiro atoms. The molecule has 12 nitrogen and oxygen atoms in total. The number of fused-ring (bicyclic) bond motifs is 2. The van der Waals surface area contributed by atoms with Crippen molar-refractivity contribution in [3.05, 3.63) is 27.8 Å². The number of ether oxygens (including phenoxy) is 1. The van der Waals surface area contributed by atoms with Gasteiger partial charge in [-0.3, -0.25) is 0 Å². The number of likely N-dealkylation sites (N-methyl/N-ethyl adjacent to an activating group) is 2. The maximum Gasteiger partial charge on any atom is 0.318 e. The molecule has 6 heterocycles. The maximum atomic E-state index is 9.30. The first-order valence-electron chi connectivity index (χ1n) is 19.2. The number of aliphatic hydroxyl groups excluding tert-OH is 1. The second-order valence-corrected chi connectivity index (χ2v) is 15.4. The summed E-state index contributed by atoms with van der Waals surface area (Å²) in [4.78, 5) is 27.3. The van der Waals surface area contributed by atoms with Gasteiger partial charge in [0.2, 0.25) is 5.28 Å². The summed E-state index contributed by atoms with van der Waals surface area (Å²) in [5.41, 5.74) is 4.78. The van der Waals surface area contributed by atoms with Gasteiger partial charge in [-0.1, -0.05) is 14.9 Å². The minimum Gasteiger partial charge on any atom is -0.462 e. The van der Waals surface area contributed by atoms with Crippen LogP contribution in [0, 0.1) is 34.5 Å². The first kappa shape index (κ1) is 42.5. The highest BCUT2D eigenvalue weighted by atomic mass is 35.5. The number of rotatable bonds is 6. The molecule has 2 aromatic heterocycles. The average Bonchev–Trinajstić information content (AvgIpc) is 3.99. The standard InChI is InChI=1S/C19H27N5O.C13H15ClN4.C6H13NO.2CH4/c1-23-9-4-6-15(23)13-25-19-21-17-8-2-7-16(17)18(22-19)24-10-3-5-14(11-20)12-24;14-13-16-11-5-1-4-10(11)12(17-13)18-6-2-3-9(7-15)8-18;1-7-4-2-3-6(7)5-8;;/h14-15H,2-10,12-13H2,1H3;9H,1-6,8H2;6,8H,2-5H2,1H3;2*1H4/t14-,15-;9-;6-;;/m000../s1. The molecule has 0 radical (unpaired) electrons. The molecule has 4 atom stereocenters. The van der Waals surface area contributed by atoms with E-state index in [0.717, 1.165) is 127 Å². The normalized spacial score (nSPS) is 24.9. The van der Waals surface area contributed by atoms with Crippen LogP contribution < -0.4 is 14.5 Å². The number of aliphatic hydroxyl groups is 1. The highest BCUT2D eigenvalue weighted by molar-refractivity contribution is 6.28. The van der Waals surface area contributed by atoms with Crippen LogP contribution in [0.3, 0.4) is 0 Å². The Balaban J connectivity index is 0.000000196. The van der Waals surface area contributed by atoms with E-state index in [1.807, 2.05) is 0 Å². The lowest BCUT2D eigenvalue weighted by molar-refractivity contribution is 0.182. The summed E-state index contributed by atoms with van der Waals surface area (Å²) < 4.78 is 6.01. The molecule has 4 aliphatic heterocycles. The average molecular weight is 751 g/mol. The summed E-state index contributed by atoms with van der Waals surface area (Å²) in [5.74, 6) is 2.22. The molecular weight excluding hydrogens is 688 g/mol. The van der Waals surface area contributed by atoms with Crippen molar-refractivity contribution in [1.29, 1.82) is 10.5 Å². The molecule has 0 saturated carbocycles. The van der Waals surface area contributed by atoms with Crippen LogP contribution in [-0.4, -0.2) is 114 Å². The van der Waals surface area contributed by atoms with Crippen LogP contribution in [0.1, 0.15) is 102 Å². The SMILES string of the molecule is C.C.CN1CCC[C@H]1CO.CN1CCC[C@H]1COc1nc2c(c(N3CCC[C@@H](C#N)C3)n1)CCC2.N#C[C@@H]1CCCN(c2nc(Cl)nc3c2CCC3)C1. The summed E-state index contributed by atoms with van der Waals surface area (Å²) in [6.45, 7) is 6.80. The van der Waals surface area contributed by atoms with Gasteiger partial charge in [-0.15, -0.1) is 0 Å². The third kappa shape index (κ3) is 10.7. The molecule has 6 aliphatic rings. The molecule has 4 saturated heterocycles. The number of anilines is 2. The summed E-state index contributed by atoms with van der Waals surface area (Å²) >= 11 is 6.00. The second-order valence-electron chi connectivity index (χ2n) is 15.1. The van der Waals surface area contributed by atoms with Crippen LogP contribution in [0.2, 0.25) is 5.28 Å². The summed E-state index contributed by atoms with van der Waals surface area (Å²) in [7, 11) is 4.22. The predicted molar refractivity (Wildman–Crippen MR) is 212 cm³/mol. The Bertz CT molecular complexity index is 1560. The first-order chi connectivity index (χ1) is 24.9. The molecule has 2 aliphatic carbocycles. The largest absolute Gasteiger partial charge is 0.462 e. The van der Waals surface area contributed by atoms with Crippen molar-refractivity contribution < 1.29 is 9.84 Å². The van der Waals surface area contributed by atoms with Crippen molar-refractivity contribution >= 4 is 23.2 Å². The fraction of sp³-hybridized carbons (Fsp3) is 0.750. The van der Waals surface area contributed by atoms with E-state index in [-0.39, 0.29) is 26.7 Å². The highest BCUT2D eigenvalue weighted by Crippen LogP contribution is 2.34. The minimum atomic E-state index is 0.